The van der Waals surface area contributed by atoms with Gasteiger partial charge in [0.2, 0.25) is 0 Å². The number of hydrogen-bond acceptors (Lipinski definition) is 3. The summed E-state index contributed by atoms with van der Waals surface area (Å²) >= 11 is 0. The molecule has 8 heteroatoms. The first-order valence-electron chi connectivity index (χ1n) is 8.31. The molecule has 0 aliphatic carbocycles. The normalized spacial score (nSPS) is 20.1. The van der Waals surface area contributed by atoms with Crippen LogP contribution in [0.15, 0.2) is 30.3 Å². The maximum absolute atomic E-state index is 13.3. The molecule has 0 saturated carbocycles. The number of carbonyl (C=O) groups is 1. The lowest BCUT2D eigenvalue weighted by molar-refractivity contribution is -0.268. The molecule has 2 atom stereocenters. The number of aliphatic hydroxyl groups is 1. The summed E-state index contributed by atoms with van der Waals surface area (Å²) in [5, 5.41) is 15.1. The highest BCUT2D eigenvalue weighted by molar-refractivity contribution is 5.73. The summed E-state index contributed by atoms with van der Waals surface area (Å²) in [6, 6.07) is 6.30. The smallest absolute Gasteiger partial charge is 0.378 e. The highest BCUT2D eigenvalue weighted by Gasteiger charge is 2.54. The van der Waals surface area contributed by atoms with Gasteiger partial charge in [0, 0.05) is 26.1 Å². The van der Waals surface area contributed by atoms with Gasteiger partial charge in [0.15, 0.2) is 5.60 Å². The minimum atomic E-state index is -4.84. The van der Waals surface area contributed by atoms with Crippen molar-refractivity contribution < 1.29 is 27.8 Å². The number of nitrogens with one attached hydrogen (secondary N) is 2. The van der Waals surface area contributed by atoms with E-state index in [1.54, 1.807) is 6.07 Å². The minimum Gasteiger partial charge on any atom is -0.378 e. The Bertz CT molecular complexity index is 548. The quantitative estimate of drug-likeness (QED) is 0.700. The molecule has 5 nitrogen and oxygen atoms in total. The molecule has 1 heterocycles. The van der Waals surface area contributed by atoms with Gasteiger partial charge >= 0.3 is 12.2 Å². The van der Waals surface area contributed by atoms with Crippen molar-refractivity contribution in [3.8, 4) is 0 Å². The molecule has 1 saturated heterocycles. The molecule has 3 N–H and O–H groups in total. The van der Waals surface area contributed by atoms with Gasteiger partial charge in [-0.05, 0) is 24.8 Å². The molecule has 1 aromatic rings. The van der Waals surface area contributed by atoms with Crippen LogP contribution in [0.4, 0.5) is 18.0 Å². The number of carbonyl (C=O) groups excluding carboxylic acids is 1. The van der Waals surface area contributed by atoms with E-state index in [2.05, 4.69) is 10.6 Å². The van der Waals surface area contributed by atoms with Gasteiger partial charge in [-0.3, -0.25) is 0 Å². The van der Waals surface area contributed by atoms with Crippen LogP contribution in [0.3, 0.4) is 0 Å². The average Bonchev–Trinajstić information content (AvgIpc) is 3.08. The Balaban J connectivity index is 1.79. The van der Waals surface area contributed by atoms with Gasteiger partial charge in [0.05, 0.1) is 6.10 Å². The maximum atomic E-state index is 13.3. The number of alkyl halides is 3. The van der Waals surface area contributed by atoms with Crippen LogP contribution >= 0.6 is 0 Å². The van der Waals surface area contributed by atoms with Crippen molar-refractivity contribution >= 4 is 6.03 Å². The van der Waals surface area contributed by atoms with Crippen molar-refractivity contribution in [2.45, 2.75) is 43.6 Å². The van der Waals surface area contributed by atoms with E-state index in [0.29, 0.717) is 13.0 Å². The Morgan fingerprint density at radius 2 is 1.88 bits per heavy atom. The number of benzene rings is 1. The van der Waals surface area contributed by atoms with Gasteiger partial charge in [-0.2, -0.15) is 13.2 Å². The fourth-order valence-electron chi connectivity index (χ4n) is 2.80. The van der Waals surface area contributed by atoms with Crippen molar-refractivity contribution in [1.29, 1.82) is 0 Å². The van der Waals surface area contributed by atoms with Crippen LogP contribution < -0.4 is 10.6 Å². The highest BCUT2D eigenvalue weighted by Crippen LogP contribution is 2.41. The number of ether oxygens (including phenoxy) is 1. The highest BCUT2D eigenvalue weighted by atomic mass is 19.4. The van der Waals surface area contributed by atoms with Gasteiger partial charge < -0.3 is 20.5 Å². The summed E-state index contributed by atoms with van der Waals surface area (Å²) in [6.07, 6.45) is -2.74. The summed E-state index contributed by atoms with van der Waals surface area (Å²) < 4.78 is 45.3. The lowest BCUT2D eigenvalue weighted by Gasteiger charge is -2.31. The van der Waals surface area contributed by atoms with Gasteiger partial charge in [0.25, 0.3) is 0 Å². The Morgan fingerprint density at radius 1 is 1.20 bits per heavy atom. The van der Waals surface area contributed by atoms with Crippen LogP contribution in [-0.4, -0.2) is 43.1 Å². The minimum absolute atomic E-state index is 0.133. The van der Waals surface area contributed by atoms with Crippen LogP contribution in [0.1, 0.15) is 31.2 Å². The third-order valence-electron chi connectivity index (χ3n) is 4.27. The van der Waals surface area contributed by atoms with E-state index >= 15 is 0 Å². The lowest BCUT2D eigenvalue weighted by atomic mass is 9.89. The maximum Gasteiger partial charge on any atom is 0.421 e. The van der Waals surface area contributed by atoms with Crippen LogP contribution in [0.2, 0.25) is 0 Å². The third-order valence-corrected chi connectivity index (χ3v) is 4.27. The summed E-state index contributed by atoms with van der Waals surface area (Å²) in [5.41, 5.74) is -3.25. The second-order valence-electron chi connectivity index (χ2n) is 6.08. The molecule has 1 fully saturated rings. The zero-order chi connectivity index (χ0) is 18.3. The number of halogens is 3. The molecule has 0 spiro atoms. The zero-order valence-corrected chi connectivity index (χ0v) is 13.8. The molecule has 0 unspecified atom stereocenters. The zero-order valence-electron chi connectivity index (χ0n) is 13.8. The molecule has 140 valence electrons. The standard InChI is InChI=1S/C17H23F3N2O3/c18-17(19,20)16(24,13-5-2-1-3-6-13)9-11-22-15(23)21-10-8-14-7-4-12-25-14/h1-3,5-6,14,24H,4,7-12H2,(H2,21,22,23)/t14-,16+/m1/s1. The van der Waals surface area contributed by atoms with Crippen molar-refractivity contribution in [3.63, 3.8) is 0 Å². The van der Waals surface area contributed by atoms with E-state index < -0.39 is 24.2 Å². The van der Waals surface area contributed by atoms with E-state index in [1.807, 2.05) is 0 Å². The second-order valence-corrected chi connectivity index (χ2v) is 6.08. The molecule has 2 rings (SSSR count). The van der Waals surface area contributed by atoms with Crippen LogP contribution in [0.25, 0.3) is 0 Å². The van der Waals surface area contributed by atoms with Crippen molar-refractivity contribution in [3.05, 3.63) is 35.9 Å². The predicted octanol–water partition coefficient (Wildman–Crippen LogP) is 2.69. The van der Waals surface area contributed by atoms with E-state index in [1.165, 1.54) is 24.3 Å². The number of amides is 2. The Labute approximate surface area is 144 Å². The average molecular weight is 360 g/mol. The summed E-state index contributed by atoms with van der Waals surface area (Å²) in [5.74, 6) is 0. The molecule has 0 bridgehead atoms. The van der Waals surface area contributed by atoms with Gasteiger partial charge in [-0.25, -0.2) is 4.79 Å². The third kappa shape index (κ3) is 5.34. The van der Waals surface area contributed by atoms with Crippen molar-refractivity contribution in [2.24, 2.45) is 0 Å². The Hall–Kier alpha value is -1.80. The molecular formula is C17H23F3N2O3. The number of urea groups is 1. The SMILES string of the molecule is O=C(NCC[C@H]1CCCO1)NCC[C@](O)(c1ccccc1)C(F)(F)F. The molecule has 1 aliphatic rings. The lowest BCUT2D eigenvalue weighted by Crippen LogP contribution is -2.46. The largest absolute Gasteiger partial charge is 0.421 e. The fourth-order valence-corrected chi connectivity index (χ4v) is 2.80. The first-order valence-corrected chi connectivity index (χ1v) is 8.31. The van der Waals surface area contributed by atoms with E-state index in [-0.39, 0.29) is 18.2 Å². The molecule has 0 radical (unpaired) electrons. The summed E-state index contributed by atoms with van der Waals surface area (Å²) in [7, 11) is 0. The number of hydrogen-bond donors (Lipinski definition) is 3. The second kappa shape index (κ2) is 8.53. The number of rotatable bonds is 7. The Kier molecular flexibility index (Phi) is 6.66. The molecule has 0 aromatic heterocycles. The fraction of sp³-hybridized carbons (Fsp3) is 0.588. The van der Waals surface area contributed by atoms with E-state index in [0.717, 1.165) is 19.4 Å². The molecule has 1 aliphatic heterocycles. The van der Waals surface area contributed by atoms with Gasteiger partial charge in [-0.1, -0.05) is 30.3 Å². The monoisotopic (exact) mass is 360 g/mol. The Morgan fingerprint density at radius 3 is 2.48 bits per heavy atom. The molecule has 2 amide bonds. The van der Waals surface area contributed by atoms with E-state index in [9.17, 15) is 23.1 Å². The van der Waals surface area contributed by atoms with E-state index in [4.69, 9.17) is 4.74 Å². The van der Waals surface area contributed by atoms with Crippen LogP contribution in [0.5, 0.6) is 0 Å². The molecule has 25 heavy (non-hydrogen) atoms. The summed E-state index contributed by atoms with van der Waals surface area (Å²) in [4.78, 5) is 11.7. The van der Waals surface area contributed by atoms with Crippen molar-refractivity contribution in [2.75, 3.05) is 19.7 Å². The van der Waals surface area contributed by atoms with Crippen LogP contribution in [0, 0.1) is 0 Å². The molecule has 1 aromatic carbocycles. The first kappa shape index (κ1) is 19.5. The first-order chi connectivity index (χ1) is 11.8. The summed E-state index contributed by atoms with van der Waals surface area (Å²) in [6.45, 7) is 0.807. The van der Waals surface area contributed by atoms with Gasteiger partial charge in [0.1, 0.15) is 0 Å². The topological polar surface area (TPSA) is 70.6 Å². The van der Waals surface area contributed by atoms with Crippen LogP contribution in [-0.2, 0) is 10.3 Å². The van der Waals surface area contributed by atoms with Gasteiger partial charge in [-0.15, -0.1) is 0 Å². The van der Waals surface area contributed by atoms with Crippen molar-refractivity contribution in [1.82, 2.24) is 10.6 Å². The molecular weight excluding hydrogens is 337 g/mol. The predicted molar refractivity (Wildman–Crippen MR) is 86.0 cm³/mol.